The van der Waals surface area contributed by atoms with Crippen molar-refractivity contribution in [2.45, 2.75) is 32.4 Å². The first-order valence-electron chi connectivity index (χ1n) is 6.63. The molecule has 0 aliphatic carbocycles. The van der Waals surface area contributed by atoms with Crippen molar-refractivity contribution in [3.63, 3.8) is 0 Å². The Morgan fingerprint density at radius 2 is 2.11 bits per heavy atom. The van der Waals surface area contributed by atoms with E-state index in [1.807, 2.05) is 37.3 Å². The predicted octanol–water partition coefficient (Wildman–Crippen LogP) is 4.15. The average Bonchev–Trinajstić information content (AvgIpc) is 2.39. The summed E-state index contributed by atoms with van der Waals surface area (Å²) >= 11 is 0. The molecule has 0 saturated carbocycles. The molecule has 0 fully saturated rings. The Bertz CT molecular complexity index is 352. The lowest BCUT2D eigenvalue weighted by molar-refractivity contribution is 0.160. The number of ether oxygens (including phenoxy) is 1. The van der Waals surface area contributed by atoms with Crippen molar-refractivity contribution in [3.8, 4) is 5.75 Å². The van der Waals surface area contributed by atoms with Crippen LogP contribution in [0.1, 0.15) is 25.8 Å². The summed E-state index contributed by atoms with van der Waals surface area (Å²) in [5, 5.41) is 0. The highest BCUT2D eigenvalue weighted by atomic mass is 28.3. The second kappa shape index (κ2) is 8.95. The van der Waals surface area contributed by atoms with Crippen LogP contribution in [0.5, 0.6) is 5.75 Å². The fourth-order valence-corrected chi connectivity index (χ4v) is 3.55. The first-order valence-corrected chi connectivity index (χ1v) is 8.45. The third-order valence-electron chi connectivity index (χ3n) is 2.61. The molecule has 3 heteroatoms. The summed E-state index contributed by atoms with van der Waals surface area (Å²) < 4.78 is 11.5. The second-order valence-corrected chi connectivity index (χ2v) is 6.40. The Balaban J connectivity index is 2.54. The molecule has 0 N–H and O–H groups in total. The maximum atomic E-state index is 6.12. The van der Waals surface area contributed by atoms with E-state index >= 15 is 0 Å². The van der Waals surface area contributed by atoms with Crippen LogP contribution in [-0.4, -0.2) is 22.3 Å². The molecule has 0 unspecified atom stereocenters. The van der Waals surface area contributed by atoms with Crippen LogP contribution in [0.25, 0.3) is 6.08 Å². The molecule has 99 valence electrons. The third-order valence-corrected chi connectivity index (χ3v) is 4.96. The summed E-state index contributed by atoms with van der Waals surface area (Å²) in [5.74, 6) is 0.964. The molecular formula is C15H23O2Si. The van der Waals surface area contributed by atoms with Gasteiger partial charge in [0.15, 0.2) is 0 Å². The lowest BCUT2D eigenvalue weighted by atomic mass is 10.2. The van der Waals surface area contributed by atoms with Crippen molar-refractivity contribution in [2.24, 2.45) is 0 Å². The van der Waals surface area contributed by atoms with Gasteiger partial charge in [-0.3, -0.25) is 0 Å². The Kier molecular flexibility index (Phi) is 7.45. The summed E-state index contributed by atoms with van der Waals surface area (Å²) in [6, 6.07) is 10.3. The number of rotatable bonds is 9. The normalized spacial score (nSPS) is 10.6. The smallest absolute Gasteiger partial charge is 0.283 e. The fourth-order valence-electron chi connectivity index (χ4n) is 1.71. The summed E-state index contributed by atoms with van der Waals surface area (Å²) in [6.45, 7) is 9.61. The van der Waals surface area contributed by atoms with Crippen molar-refractivity contribution in [2.75, 3.05) is 13.2 Å². The van der Waals surface area contributed by atoms with Crippen molar-refractivity contribution in [1.82, 2.24) is 0 Å². The summed E-state index contributed by atoms with van der Waals surface area (Å²) in [4.78, 5) is 0. The monoisotopic (exact) mass is 263 g/mol. The van der Waals surface area contributed by atoms with Crippen molar-refractivity contribution in [1.29, 1.82) is 0 Å². The third kappa shape index (κ3) is 5.51. The van der Waals surface area contributed by atoms with Crippen molar-refractivity contribution >= 4 is 15.1 Å². The van der Waals surface area contributed by atoms with Crippen LogP contribution < -0.4 is 4.43 Å². The van der Waals surface area contributed by atoms with E-state index in [1.54, 1.807) is 0 Å². The van der Waals surface area contributed by atoms with Gasteiger partial charge in [0.1, 0.15) is 5.75 Å². The van der Waals surface area contributed by atoms with Gasteiger partial charge in [0.25, 0.3) is 9.04 Å². The topological polar surface area (TPSA) is 18.5 Å². The lowest BCUT2D eigenvalue weighted by Crippen LogP contribution is -2.23. The summed E-state index contributed by atoms with van der Waals surface area (Å²) in [5.41, 5.74) is 1.11. The highest BCUT2D eigenvalue weighted by Gasteiger charge is 2.14. The Hall–Kier alpha value is -1.06. The largest absolute Gasteiger partial charge is 0.542 e. The van der Waals surface area contributed by atoms with Crippen molar-refractivity contribution < 1.29 is 9.16 Å². The average molecular weight is 263 g/mol. The van der Waals surface area contributed by atoms with E-state index in [4.69, 9.17) is 9.16 Å². The minimum atomic E-state index is -0.804. The van der Waals surface area contributed by atoms with Gasteiger partial charge in [-0.1, -0.05) is 38.1 Å². The molecule has 0 amide bonds. The maximum absolute atomic E-state index is 6.12. The summed E-state index contributed by atoms with van der Waals surface area (Å²) in [7, 11) is -0.804. The van der Waals surface area contributed by atoms with E-state index in [2.05, 4.69) is 13.5 Å². The molecule has 0 aliphatic rings. The van der Waals surface area contributed by atoms with Crippen LogP contribution in [0, 0.1) is 0 Å². The van der Waals surface area contributed by atoms with Gasteiger partial charge in [0, 0.05) is 19.3 Å². The van der Waals surface area contributed by atoms with Gasteiger partial charge >= 0.3 is 0 Å². The van der Waals surface area contributed by atoms with Gasteiger partial charge < -0.3 is 9.16 Å². The van der Waals surface area contributed by atoms with E-state index in [1.165, 1.54) is 6.42 Å². The fraction of sp³-hybridized carbons (Fsp3) is 0.467. The van der Waals surface area contributed by atoms with Crippen LogP contribution in [0.2, 0.25) is 12.1 Å². The number of hydrogen-bond donors (Lipinski definition) is 0. The minimum Gasteiger partial charge on any atom is -0.542 e. The van der Waals surface area contributed by atoms with Gasteiger partial charge in [-0.05, 0) is 30.7 Å². The van der Waals surface area contributed by atoms with Gasteiger partial charge in [0.05, 0.1) is 0 Å². The predicted molar refractivity (Wildman–Crippen MR) is 79.3 cm³/mol. The molecule has 0 saturated heterocycles. The molecule has 2 nitrogen and oxygen atoms in total. The molecule has 1 radical (unpaired) electrons. The van der Waals surface area contributed by atoms with Crippen molar-refractivity contribution in [3.05, 3.63) is 36.4 Å². The molecule has 1 aromatic carbocycles. The van der Waals surface area contributed by atoms with E-state index in [0.29, 0.717) is 0 Å². The van der Waals surface area contributed by atoms with E-state index in [0.717, 1.165) is 36.6 Å². The van der Waals surface area contributed by atoms with Crippen LogP contribution in [-0.2, 0) is 4.74 Å². The molecule has 0 spiro atoms. The highest BCUT2D eigenvalue weighted by Crippen LogP contribution is 2.17. The van der Waals surface area contributed by atoms with Crippen LogP contribution >= 0.6 is 0 Å². The first-order chi connectivity index (χ1) is 8.80. The molecule has 0 aromatic heterocycles. The SMILES string of the molecule is C=Cc1cccc(O[Si](CCC)CCOCC)c1. The first kappa shape index (κ1) is 15.0. The van der Waals surface area contributed by atoms with E-state index in [-0.39, 0.29) is 0 Å². The Morgan fingerprint density at radius 3 is 2.78 bits per heavy atom. The maximum Gasteiger partial charge on any atom is 0.283 e. The highest BCUT2D eigenvalue weighted by molar-refractivity contribution is 6.52. The molecule has 0 atom stereocenters. The zero-order valence-corrected chi connectivity index (χ0v) is 12.4. The van der Waals surface area contributed by atoms with Crippen LogP contribution in [0.4, 0.5) is 0 Å². The van der Waals surface area contributed by atoms with Crippen LogP contribution in [0.15, 0.2) is 30.8 Å². The Morgan fingerprint density at radius 1 is 1.28 bits per heavy atom. The van der Waals surface area contributed by atoms with Gasteiger partial charge in [-0.25, -0.2) is 0 Å². The molecule has 1 aromatic rings. The summed E-state index contributed by atoms with van der Waals surface area (Å²) in [6.07, 6.45) is 3.01. The zero-order valence-electron chi connectivity index (χ0n) is 11.4. The lowest BCUT2D eigenvalue weighted by Gasteiger charge is -2.16. The molecule has 1 rings (SSSR count). The number of benzene rings is 1. The minimum absolute atomic E-state index is 0.785. The standard InChI is InChI=1S/C15H23O2Si/c1-4-11-18(12-10-16-6-3)17-15-9-7-8-14(5-2)13-15/h5,7-9,13H,2,4,6,10-12H2,1,3H3. The Labute approximate surface area is 112 Å². The number of hydrogen-bond acceptors (Lipinski definition) is 2. The second-order valence-electron chi connectivity index (χ2n) is 4.11. The van der Waals surface area contributed by atoms with E-state index in [9.17, 15) is 0 Å². The molecule has 0 aliphatic heterocycles. The zero-order chi connectivity index (χ0) is 13.2. The molecule has 0 bridgehead atoms. The van der Waals surface area contributed by atoms with Crippen LogP contribution in [0.3, 0.4) is 0 Å². The molecular weight excluding hydrogens is 240 g/mol. The van der Waals surface area contributed by atoms with E-state index < -0.39 is 9.04 Å². The van der Waals surface area contributed by atoms with Gasteiger partial charge in [-0.2, -0.15) is 0 Å². The van der Waals surface area contributed by atoms with Gasteiger partial charge in [-0.15, -0.1) is 0 Å². The van der Waals surface area contributed by atoms with Gasteiger partial charge in [0.2, 0.25) is 0 Å². The molecule has 18 heavy (non-hydrogen) atoms. The molecule has 0 heterocycles. The quantitative estimate of drug-likeness (QED) is 0.492.